The molecule has 0 fully saturated rings. The number of carbonyl (C=O) groups is 3. The fourth-order valence-corrected chi connectivity index (χ4v) is 3.98. The van der Waals surface area contributed by atoms with Crippen molar-refractivity contribution in [3.05, 3.63) is 36.4 Å². The number of aromatic nitrogens is 2. The van der Waals surface area contributed by atoms with Crippen molar-refractivity contribution in [2.75, 3.05) is 11.5 Å². The fraction of sp³-hybridized carbons (Fsp3) is 0.444. The lowest BCUT2D eigenvalue weighted by atomic mass is 9.99. The summed E-state index contributed by atoms with van der Waals surface area (Å²) in [5.74, 6) is 4.92. The van der Waals surface area contributed by atoms with Crippen LogP contribution >= 0.6 is 10.5 Å². The minimum atomic E-state index is -0.596. The number of allylic oxidation sites excluding steroid dienone is 2. The summed E-state index contributed by atoms with van der Waals surface area (Å²) in [4.78, 5) is 44.5. The highest BCUT2D eigenvalue weighted by Gasteiger charge is 2.24. The Morgan fingerprint density at radius 1 is 1.36 bits per heavy atom. The quantitative estimate of drug-likeness (QED) is 0.811. The molecular formula is C18H23N3O3S. The molecule has 2 rings (SSSR count). The Hall–Kier alpha value is -2.15. The number of nitrogens with one attached hydrogen (secondary N) is 1. The van der Waals surface area contributed by atoms with E-state index < -0.39 is 11.9 Å². The number of amides is 1. The van der Waals surface area contributed by atoms with E-state index in [9.17, 15) is 14.4 Å². The average Bonchev–Trinajstić information content (AvgIpc) is 2.59. The molecule has 6 nitrogen and oxygen atoms in total. The molecule has 0 saturated heterocycles. The van der Waals surface area contributed by atoms with E-state index in [-0.39, 0.29) is 40.1 Å². The maximum absolute atomic E-state index is 12.6. The van der Waals surface area contributed by atoms with Crippen LogP contribution in [-0.2, 0) is 9.59 Å². The first-order valence-corrected chi connectivity index (χ1v) is 9.96. The van der Waals surface area contributed by atoms with Crippen molar-refractivity contribution in [3.8, 4) is 0 Å². The van der Waals surface area contributed by atoms with E-state index in [0.29, 0.717) is 12.2 Å². The van der Waals surface area contributed by atoms with Gasteiger partial charge in [-0.3, -0.25) is 19.4 Å². The molecule has 0 bridgehead atoms. The van der Waals surface area contributed by atoms with Gasteiger partial charge in [0.2, 0.25) is 0 Å². The smallest absolute Gasteiger partial charge is 0.272 e. The van der Waals surface area contributed by atoms with E-state index in [1.807, 2.05) is 6.92 Å². The third kappa shape index (κ3) is 6.34. The largest absolute Gasteiger partial charge is 0.340 e. The standard InChI is InChI=1S/C18H23N3O3S/c1-13-5-6-14(22)4-3-9-25(2)12-16(17(23)10-13)21-18(24)15-11-19-7-8-20-15/h5-8,11,13,16H,2-4,9-10,12H2,1H3,(H,21,24)/b6-5+/t13-,16-,25?/m0/s1. The second-order valence-electron chi connectivity index (χ2n) is 6.18. The highest BCUT2D eigenvalue weighted by Crippen LogP contribution is 2.18. The van der Waals surface area contributed by atoms with E-state index in [1.54, 1.807) is 12.2 Å². The van der Waals surface area contributed by atoms with E-state index in [0.717, 1.165) is 12.2 Å². The number of hydrogen-bond acceptors (Lipinski definition) is 5. The summed E-state index contributed by atoms with van der Waals surface area (Å²) >= 11 is 0. The summed E-state index contributed by atoms with van der Waals surface area (Å²) in [5, 5.41) is 2.78. The molecule has 0 aromatic carbocycles. The van der Waals surface area contributed by atoms with Gasteiger partial charge in [-0.1, -0.05) is 18.9 Å². The van der Waals surface area contributed by atoms with Crippen LogP contribution < -0.4 is 5.32 Å². The highest BCUT2D eigenvalue weighted by molar-refractivity contribution is 8.14. The van der Waals surface area contributed by atoms with Crippen LogP contribution in [0.3, 0.4) is 0 Å². The van der Waals surface area contributed by atoms with Crippen LogP contribution in [0.2, 0.25) is 0 Å². The molecule has 3 atom stereocenters. The van der Waals surface area contributed by atoms with E-state index >= 15 is 0 Å². The zero-order valence-corrected chi connectivity index (χ0v) is 15.1. The molecule has 2 heterocycles. The molecule has 1 unspecified atom stereocenters. The minimum absolute atomic E-state index is 0.0523. The summed E-state index contributed by atoms with van der Waals surface area (Å²) in [5.41, 5.74) is 0.184. The molecular weight excluding hydrogens is 338 g/mol. The minimum Gasteiger partial charge on any atom is -0.340 e. The van der Waals surface area contributed by atoms with Crippen molar-refractivity contribution < 1.29 is 14.4 Å². The van der Waals surface area contributed by atoms with Gasteiger partial charge in [-0.05, 0) is 24.2 Å². The fourth-order valence-electron chi connectivity index (χ4n) is 2.52. The Balaban J connectivity index is 2.13. The van der Waals surface area contributed by atoms with Crippen LogP contribution in [0.4, 0.5) is 0 Å². The normalized spacial score (nSPS) is 27.0. The molecule has 0 radical (unpaired) electrons. The number of hydrogen-bond donors (Lipinski definition) is 1. The highest BCUT2D eigenvalue weighted by atomic mass is 32.2. The van der Waals surface area contributed by atoms with Crippen molar-refractivity contribution in [3.63, 3.8) is 0 Å². The maximum atomic E-state index is 12.6. The SMILES string of the molecule is C=S1CCCC(=O)/C=C/[C@H](C)CC(=O)[C@@H](NC(=O)c2cnccn2)C1. The van der Waals surface area contributed by atoms with Crippen molar-refractivity contribution in [1.82, 2.24) is 15.3 Å². The molecule has 0 saturated carbocycles. The van der Waals surface area contributed by atoms with E-state index in [4.69, 9.17) is 0 Å². The van der Waals surface area contributed by atoms with Crippen LogP contribution in [0.5, 0.6) is 0 Å². The van der Waals surface area contributed by atoms with Gasteiger partial charge in [-0.2, -0.15) is 10.5 Å². The summed E-state index contributed by atoms with van der Waals surface area (Å²) in [6.45, 7) is 1.89. The Bertz CT molecular complexity index is 688. The lowest BCUT2D eigenvalue weighted by molar-refractivity contribution is -0.121. The van der Waals surface area contributed by atoms with Crippen LogP contribution in [0, 0.1) is 5.92 Å². The van der Waals surface area contributed by atoms with Gasteiger partial charge in [-0.15, -0.1) is 0 Å². The first kappa shape index (κ1) is 19.2. The predicted octanol–water partition coefficient (Wildman–Crippen LogP) is 1.79. The van der Waals surface area contributed by atoms with Crippen LogP contribution in [-0.4, -0.2) is 50.9 Å². The predicted molar refractivity (Wildman–Crippen MR) is 99.9 cm³/mol. The van der Waals surface area contributed by atoms with Crippen LogP contribution in [0.1, 0.15) is 36.7 Å². The Kier molecular flexibility index (Phi) is 7.18. The second kappa shape index (κ2) is 9.36. The molecule has 25 heavy (non-hydrogen) atoms. The molecule has 1 aromatic rings. The summed E-state index contributed by atoms with van der Waals surface area (Å²) in [7, 11) is -0.299. The van der Waals surface area contributed by atoms with Gasteiger partial charge in [0.15, 0.2) is 11.6 Å². The van der Waals surface area contributed by atoms with Gasteiger partial charge >= 0.3 is 0 Å². The summed E-state index contributed by atoms with van der Waals surface area (Å²) in [6.07, 6.45) is 9.13. The lowest BCUT2D eigenvalue weighted by Gasteiger charge is -2.21. The number of rotatable bonds is 2. The molecule has 1 aromatic heterocycles. The molecule has 134 valence electrons. The molecule has 0 spiro atoms. The molecule has 1 aliphatic rings. The zero-order chi connectivity index (χ0) is 18.2. The van der Waals surface area contributed by atoms with Crippen LogP contribution in [0.25, 0.3) is 0 Å². The molecule has 1 amide bonds. The monoisotopic (exact) mass is 361 g/mol. The summed E-state index contributed by atoms with van der Waals surface area (Å²) < 4.78 is 0. The van der Waals surface area contributed by atoms with Crippen molar-refractivity contribution in [2.24, 2.45) is 5.92 Å². The van der Waals surface area contributed by atoms with E-state index in [2.05, 4.69) is 21.2 Å². The van der Waals surface area contributed by atoms with Crippen molar-refractivity contribution in [2.45, 2.75) is 32.2 Å². The second-order valence-corrected chi connectivity index (χ2v) is 8.14. The van der Waals surface area contributed by atoms with Gasteiger partial charge in [-0.25, -0.2) is 4.98 Å². The number of nitrogens with zero attached hydrogens (tertiary/aromatic N) is 2. The Morgan fingerprint density at radius 3 is 2.88 bits per heavy atom. The van der Waals surface area contributed by atoms with Gasteiger partial charge in [0.25, 0.3) is 5.91 Å². The topological polar surface area (TPSA) is 89.0 Å². The van der Waals surface area contributed by atoms with E-state index in [1.165, 1.54) is 18.6 Å². The molecule has 1 N–H and O–H groups in total. The molecule has 1 aliphatic heterocycles. The number of carbonyl (C=O) groups excluding carboxylic acids is 3. The van der Waals surface area contributed by atoms with Gasteiger partial charge in [0.05, 0.1) is 12.2 Å². The third-order valence-corrected chi connectivity index (χ3v) is 5.55. The lowest BCUT2D eigenvalue weighted by Crippen LogP contribution is -2.43. The van der Waals surface area contributed by atoms with Gasteiger partial charge in [0.1, 0.15) is 5.69 Å². The Morgan fingerprint density at radius 2 is 2.16 bits per heavy atom. The first-order chi connectivity index (χ1) is 12.0. The van der Waals surface area contributed by atoms with Crippen LogP contribution in [0.15, 0.2) is 30.7 Å². The van der Waals surface area contributed by atoms with Crippen molar-refractivity contribution >= 4 is 33.8 Å². The van der Waals surface area contributed by atoms with Gasteiger partial charge in [0, 0.05) is 31.0 Å². The van der Waals surface area contributed by atoms with Gasteiger partial charge < -0.3 is 5.32 Å². The number of ketones is 2. The molecule has 0 aliphatic carbocycles. The maximum Gasteiger partial charge on any atom is 0.272 e. The first-order valence-electron chi connectivity index (χ1n) is 8.23. The number of Topliss-reactive ketones (excluding diaryl/α,β-unsaturated/α-hetero) is 1. The third-order valence-electron chi connectivity index (χ3n) is 3.88. The van der Waals surface area contributed by atoms with Crippen molar-refractivity contribution in [1.29, 1.82) is 0 Å². The summed E-state index contributed by atoms with van der Waals surface area (Å²) in [6, 6.07) is -0.596. The molecule has 7 heteroatoms. The average molecular weight is 361 g/mol. The Labute approximate surface area is 150 Å². The zero-order valence-electron chi connectivity index (χ0n) is 14.3.